The van der Waals surface area contributed by atoms with Gasteiger partial charge < -0.3 is 4.74 Å². The molecule has 0 aliphatic heterocycles. The summed E-state index contributed by atoms with van der Waals surface area (Å²) in [6.45, 7) is 10.1. The van der Waals surface area contributed by atoms with E-state index in [2.05, 4.69) is 20.8 Å². The number of ketones is 1. The summed E-state index contributed by atoms with van der Waals surface area (Å²) in [5.74, 6) is 1.46. The van der Waals surface area contributed by atoms with E-state index in [-0.39, 0.29) is 11.9 Å². The van der Waals surface area contributed by atoms with Crippen molar-refractivity contribution in [3.05, 3.63) is 11.8 Å². The van der Waals surface area contributed by atoms with Crippen molar-refractivity contribution < 1.29 is 9.53 Å². The second-order valence-electron chi connectivity index (χ2n) is 5.50. The Hall–Kier alpha value is -0.790. The molecule has 0 fully saturated rings. The van der Waals surface area contributed by atoms with Gasteiger partial charge in [0.05, 0.1) is 5.76 Å². The molecule has 19 heavy (non-hydrogen) atoms. The summed E-state index contributed by atoms with van der Waals surface area (Å²) in [5.41, 5.74) is 0. The van der Waals surface area contributed by atoms with Gasteiger partial charge in [0.1, 0.15) is 6.10 Å². The Morgan fingerprint density at radius 2 is 1.63 bits per heavy atom. The molecule has 2 heteroatoms. The number of carbonyl (C=O) groups excluding carboxylic acids is 1. The largest absolute Gasteiger partial charge is 0.495 e. The van der Waals surface area contributed by atoms with E-state index >= 15 is 0 Å². The zero-order valence-corrected chi connectivity index (χ0v) is 13.5. The minimum atomic E-state index is 0.0633. The molecule has 0 saturated carbocycles. The van der Waals surface area contributed by atoms with Gasteiger partial charge in [-0.25, -0.2) is 0 Å². The first-order chi connectivity index (χ1) is 9.04. The van der Waals surface area contributed by atoms with Crippen molar-refractivity contribution in [3.8, 4) is 0 Å². The standard InChI is InChI=1S/C17H32O2/c1-6-9-12-16(10-7-2)17(11-8-3)19-15(5)13-14(4)18/h13,16-17H,6-12H2,1-5H3/b15-13+. The molecule has 0 bridgehead atoms. The molecule has 2 atom stereocenters. The monoisotopic (exact) mass is 268 g/mol. The molecular weight excluding hydrogens is 236 g/mol. The maximum absolute atomic E-state index is 11.1. The summed E-state index contributed by atoms with van der Waals surface area (Å²) in [5, 5.41) is 0. The number of hydrogen-bond acceptors (Lipinski definition) is 2. The number of ether oxygens (including phenoxy) is 1. The van der Waals surface area contributed by atoms with Gasteiger partial charge >= 0.3 is 0 Å². The number of hydrogen-bond donors (Lipinski definition) is 0. The number of unbranched alkanes of at least 4 members (excludes halogenated alkanes) is 1. The molecule has 0 amide bonds. The molecular formula is C17H32O2. The van der Waals surface area contributed by atoms with E-state index in [0.29, 0.717) is 5.92 Å². The summed E-state index contributed by atoms with van der Waals surface area (Å²) < 4.78 is 6.05. The fourth-order valence-electron chi connectivity index (χ4n) is 2.59. The summed E-state index contributed by atoms with van der Waals surface area (Å²) in [4.78, 5) is 11.1. The first-order valence-electron chi connectivity index (χ1n) is 7.90. The zero-order chi connectivity index (χ0) is 14.7. The van der Waals surface area contributed by atoms with Crippen LogP contribution in [0.2, 0.25) is 0 Å². The average Bonchev–Trinajstić information content (AvgIpc) is 2.33. The third-order valence-corrected chi connectivity index (χ3v) is 3.43. The molecule has 0 aromatic rings. The van der Waals surface area contributed by atoms with E-state index in [4.69, 9.17) is 4.74 Å². The van der Waals surface area contributed by atoms with Crippen LogP contribution in [-0.4, -0.2) is 11.9 Å². The van der Waals surface area contributed by atoms with E-state index < -0.39 is 0 Å². The van der Waals surface area contributed by atoms with Crippen molar-refractivity contribution in [2.45, 2.75) is 85.7 Å². The van der Waals surface area contributed by atoms with E-state index in [0.717, 1.165) is 18.6 Å². The Labute approximate surface area is 119 Å². The number of rotatable bonds is 11. The molecule has 2 unspecified atom stereocenters. The molecule has 112 valence electrons. The van der Waals surface area contributed by atoms with Crippen LogP contribution in [0.25, 0.3) is 0 Å². The van der Waals surface area contributed by atoms with Crippen LogP contribution < -0.4 is 0 Å². The predicted octanol–water partition coefficient (Wildman–Crippen LogP) is 5.27. The topological polar surface area (TPSA) is 26.3 Å². The molecule has 0 saturated heterocycles. The first-order valence-corrected chi connectivity index (χ1v) is 7.90. The molecule has 0 rings (SSSR count). The SMILES string of the molecule is CCCCC(CCC)C(CCC)O/C(C)=C/C(C)=O. The minimum absolute atomic E-state index is 0.0633. The highest BCUT2D eigenvalue weighted by atomic mass is 16.5. The molecule has 0 heterocycles. The van der Waals surface area contributed by atoms with Crippen LogP contribution in [0.5, 0.6) is 0 Å². The molecule has 0 N–H and O–H groups in total. The van der Waals surface area contributed by atoms with Crippen LogP contribution in [0.3, 0.4) is 0 Å². The fourth-order valence-corrected chi connectivity index (χ4v) is 2.59. The van der Waals surface area contributed by atoms with Gasteiger partial charge in [0, 0.05) is 6.08 Å². The molecule has 0 aliphatic carbocycles. The van der Waals surface area contributed by atoms with Crippen molar-refractivity contribution in [1.29, 1.82) is 0 Å². The average molecular weight is 268 g/mol. The fraction of sp³-hybridized carbons (Fsp3) is 0.824. The Bertz CT molecular complexity index is 268. The molecule has 0 aliphatic rings. The lowest BCUT2D eigenvalue weighted by molar-refractivity contribution is -0.112. The van der Waals surface area contributed by atoms with Gasteiger partial charge in [-0.3, -0.25) is 4.79 Å². The van der Waals surface area contributed by atoms with E-state index in [1.165, 1.54) is 32.1 Å². The molecule has 0 radical (unpaired) electrons. The van der Waals surface area contributed by atoms with Crippen molar-refractivity contribution >= 4 is 5.78 Å². The van der Waals surface area contributed by atoms with Crippen LogP contribution in [0.15, 0.2) is 11.8 Å². The first kappa shape index (κ1) is 18.2. The highest BCUT2D eigenvalue weighted by molar-refractivity contribution is 5.87. The Balaban J connectivity index is 4.66. The maximum Gasteiger partial charge on any atom is 0.155 e. The van der Waals surface area contributed by atoms with E-state index in [1.807, 2.05) is 6.92 Å². The Morgan fingerprint density at radius 3 is 2.11 bits per heavy atom. The van der Waals surface area contributed by atoms with Gasteiger partial charge in [0.2, 0.25) is 0 Å². The summed E-state index contributed by atoms with van der Waals surface area (Å²) in [6.07, 6.45) is 10.2. The third-order valence-electron chi connectivity index (χ3n) is 3.43. The highest BCUT2D eigenvalue weighted by Crippen LogP contribution is 2.26. The van der Waals surface area contributed by atoms with Gasteiger partial charge in [-0.15, -0.1) is 0 Å². The van der Waals surface area contributed by atoms with Crippen LogP contribution >= 0.6 is 0 Å². The Kier molecular flexibility index (Phi) is 10.6. The van der Waals surface area contributed by atoms with Crippen LogP contribution in [0.1, 0.15) is 79.6 Å². The van der Waals surface area contributed by atoms with E-state index in [9.17, 15) is 4.79 Å². The summed E-state index contributed by atoms with van der Waals surface area (Å²) in [6, 6.07) is 0. The smallest absolute Gasteiger partial charge is 0.155 e. The van der Waals surface area contributed by atoms with Gasteiger partial charge in [0.15, 0.2) is 5.78 Å². The van der Waals surface area contributed by atoms with Crippen LogP contribution in [-0.2, 0) is 9.53 Å². The summed E-state index contributed by atoms with van der Waals surface area (Å²) >= 11 is 0. The zero-order valence-electron chi connectivity index (χ0n) is 13.5. The van der Waals surface area contributed by atoms with Crippen LogP contribution in [0, 0.1) is 5.92 Å². The van der Waals surface area contributed by atoms with Gasteiger partial charge in [-0.05, 0) is 39.0 Å². The quantitative estimate of drug-likeness (QED) is 0.377. The molecule has 0 spiro atoms. The predicted molar refractivity (Wildman–Crippen MR) is 82.1 cm³/mol. The summed E-state index contributed by atoms with van der Waals surface area (Å²) in [7, 11) is 0. The van der Waals surface area contributed by atoms with Crippen molar-refractivity contribution in [1.82, 2.24) is 0 Å². The van der Waals surface area contributed by atoms with Gasteiger partial charge in [-0.2, -0.15) is 0 Å². The van der Waals surface area contributed by atoms with Crippen LogP contribution in [0.4, 0.5) is 0 Å². The van der Waals surface area contributed by atoms with Crippen molar-refractivity contribution in [2.24, 2.45) is 5.92 Å². The Morgan fingerprint density at radius 1 is 1.00 bits per heavy atom. The maximum atomic E-state index is 11.1. The lowest BCUT2D eigenvalue weighted by Gasteiger charge is -2.28. The van der Waals surface area contributed by atoms with Crippen molar-refractivity contribution in [3.63, 3.8) is 0 Å². The highest BCUT2D eigenvalue weighted by Gasteiger charge is 2.21. The molecule has 2 nitrogen and oxygen atoms in total. The number of carbonyl (C=O) groups is 1. The van der Waals surface area contributed by atoms with Gasteiger partial charge in [-0.1, -0.05) is 46.5 Å². The second-order valence-corrected chi connectivity index (χ2v) is 5.50. The lowest BCUT2D eigenvalue weighted by atomic mass is 9.89. The minimum Gasteiger partial charge on any atom is -0.495 e. The second kappa shape index (κ2) is 11.1. The van der Waals surface area contributed by atoms with E-state index in [1.54, 1.807) is 13.0 Å². The number of allylic oxidation sites excluding steroid dienone is 2. The third kappa shape index (κ3) is 8.85. The molecule has 0 aromatic heterocycles. The lowest BCUT2D eigenvalue weighted by Crippen LogP contribution is -2.24. The molecule has 0 aromatic carbocycles. The van der Waals surface area contributed by atoms with Crippen molar-refractivity contribution in [2.75, 3.05) is 0 Å². The van der Waals surface area contributed by atoms with Gasteiger partial charge in [0.25, 0.3) is 0 Å². The normalized spacial score (nSPS) is 15.1.